The molecule has 0 spiro atoms. The van der Waals surface area contributed by atoms with Crippen LogP contribution in [0.2, 0.25) is 5.02 Å². The quantitative estimate of drug-likeness (QED) is 0.291. The van der Waals surface area contributed by atoms with Gasteiger partial charge in [0.05, 0.1) is 10.6 Å². The fourth-order valence-corrected chi connectivity index (χ4v) is 5.58. The van der Waals surface area contributed by atoms with Gasteiger partial charge in [-0.05, 0) is 30.5 Å². The third-order valence-electron chi connectivity index (χ3n) is 5.43. The summed E-state index contributed by atoms with van der Waals surface area (Å²) in [5, 5.41) is 10.5. The second-order valence-electron chi connectivity index (χ2n) is 8.88. The molecule has 9 heteroatoms. The number of thiophene rings is 1. The molecule has 1 N–H and O–H groups in total. The van der Waals surface area contributed by atoms with Crippen LogP contribution < -0.4 is 4.74 Å². The first kappa shape index (κ1) is 24.2. The fourth-order valence-electron chi connectivity index (χ4n) is 3.95. The molecule has 0 saturated carbocycles. The largest absolute Gasteiger partial charge is 0.484 e. The minimum atomic E-state index is -2.84. The first-order chi connectivity index (χ1) is 16.0. The van der Waals surface area contributed by atoms with Gasteiger partial charge in [-0.1, -0.05) is 56.6 Å². The molecule has 5 nitrogen and oxygen atoms in total. The lowest BCUT2D eigenvalue weighted by Crippen LogP contribution is -2.16. The maximum atomic E-state index is 14.1. The third-order valence-corrected chi connectivity index (χ3v) is 6.94. The number of imidazole rings is 1. The standard InChI is InChI=1S/C25H23ClF2N2O3S/c1-13(14-9-5-6-10-15(14)26)33-20-17(25(2,3)4)21(34-22(20)24(31)32)19-18(23(27)28)29-16-11-7-8-12-30(16)19/h5-13,23H,1-4H3,(H,31,32). The zero-order chi connectivity index (χ0) is 24.8. The first-order valence-corrected chi connectivity index (χ1v) is 11.8. The molecule has 178 valence electrons. The Labute approximate surface area is 204 Å². The molecule has 0 fully saturated rings. The van der Waals surface area contributed by atoms with Crippen LogP contribution in [-0.2, 0) is 5.41 Å². The van der Waals surface area contributed by atoms with Crippen molar-refractivity contribution in [1.82, 2.24) is 9.38 Å². The van der Waals surface area contributed by atoms with Gasteiger partial charge >= 0.3 is 5.97 Å². The summed E-state index contributed by atoms with van der Waals surface area (Å²) in [7, 11) is 0. The van der Waals surface area contributed by atoms with Crippen molar-refractivity contribution in [2.45, 2.75) is 45.6 Å². The second kappa shape index (κ2) is 9.00. The van der Waals surface area contributed by atoms with Crippen LogP contribution in [-0.4, -0.2) is 20.5 Å². The van der Waals surface area contributed by atoms with Crippen molar-refractivity contribution in [1.29, 1.82) is 0 Å². The van der Waals surface area contributed by atoms with Crippen LogP contribution in [0.4, 0.5) is 8.78 Å². The summed E-state index contributed by atoms with van der Waals surface area (Å²) in [4.78, 5) is 16.7. The molecule has 4 aromatic rings. The van der Waals surface area contributed by atoms with Gasteiger partial charge in [0, 0.05) is 22.3 Å². The van der Waals surface area contributed by atoms with E-state index in [9.17, 15) is 18.7 Å². The van der Waals surface area contributed by atoms with Crippen LogP contribution in [0.15, 0.2) is 48.7 Å². The number of ether oxygens (including phenoxy) is 1. The van der Waals surface area contributed by atoms with Crippen LogP contribution in [0, 0.1) is 0 Å². The summed E-state index contributed by atoms with van der Waals surface area (Å²) in [5.41, 5.74) is 0.708. The molecule has 0 aliphatic heterocycles. The van der Waals surface area contributed by atoms with E-state index in [0.717, 1.165) is 11.3 Å². The van der Waals surface area contributed by atoms with Crippen molar-refractivity contribution in [3.63, 3.8) is 0 Å². The van der Waals surface area contributed by atoms with Gasteiger partial charge in [0.2, 0.25) is 0 Å². The average Bonchev–Trinajstić information content (AvgIpc) is 3.32. The van der Waals surface area contributed by atoms with Gasteiger partial charge in [-0.2, -0.15) is 0 Å². The first-order valence-electron chi connectivity index (χ1n) is 10.6. The molecule has 34 heavy (non-hydrogen) atoms. The van der Waals surface area contributed by atoms with E-state index in [1.165, 1.54) is 0 Å². The summed E-state index contributed by atoms with van der Waals surface area (Å²) in [5.74, 6) is -1.05. The van der Waals surface area contributed by atoms with E-state index in [2.05, 4.69) is 4.98 Å². The number of carbonyl (C=O) groups is 1. The Morgan fingerprint density at radius 2 is 1.85 bits per heavy atom. The number of pyridine rings is 1. The van der Waals surface area contributed by atoms with Crippen molar-refractivity contribution < 1.29 is 23.4 Å². The van der Waals surface area contributed by atoms with Crippen molar-refractivity contribution in [3.05, 3.63) is 75.4 Å². The highest BCUT2D eigenvalue weighted by Gasteiger charge is 2.36. The van der Waals surface area contributed by atoms with Crippen LogP contribution in [0.25, 0.3) is 16.2 Å². The summed E-state index contributed by atoms with van der Waals surface area (Å²) in [6.45, 7) is 7.45. The predicted molar refractivity (Wildman–Crippen MR) is 130 cm³/mol. The summed E-state index contributed by atoms with van der Waals surface area (Å²) >= 11 is 7.25. The SMILES string of the molecule is CC(Oc1c(C(=O)O)sc(-c2c(C(F)F)nc3ccccn23)c1C(C)(C)C)c1ccccc1Cl. The van der Waals surface area contributed by atoms with Crippen molar-refractivity contribution in [2.75, 3.05) is 0 Å². The third kappa shape index (κ3) is 4.28. The molecule has 3 aromatic heterocycles. The normalized spacial score (nSPS) is 12.9. The van der Waals surface area contributed by atoms with Gasteiger partial charge < -0.3 is 9.84 Å². The highest BCUT2D eigenvalue weighted by atomic mass is 35.5. The number of aromatic carboxylic acids is 1. The molecule has 0 bridgehead atoms. The number of halogens is 3. The number of carboxylic acid groups (broad SMARTS) is 1. The van der Waals surface area contributed by atoms with Crippen LogP contribution >= 0.6 is 22.9 Å². The number of hydrogen-bond acceptors (Lipinski definition) is 4. The Morgan fingerprint density at radius 3 is 2.47 bits per heavy atom. The topological polar surface area (TPSA) is 63.8 Å². The number of nitrogens with zero attached hydrogens (tertiary/aromatic N) is 2. The predicted octanol–water partition coefficient (Wildman–Crippen LogP) is 7.79. The van der Waals surface area contributed by atoms with Gasteiger partial charge in [0.15, 0.2) is 4.88 Å². The van der Waals surface area contributed by atoms with E-state index >= 15 is 0 Å². The van der Waals surface area contributed by atoms with Crippen molar-refractivity contribution >= 4 is 34.6 Å². The van der Waals surface area contributed by atoms with Crippen LogP contribution in [0.5, 0.6) is 5.75 Å². The lowest BCUT2D eigenvalue weighted by atomic mass is 9.85. The molecule has 0 saturated heterocycles. The number of hydrogen-bond donors (Lipinski definition) is 1. The Hall–Kier alpha value is -2.97. The van der Waals surface area contributed by atoms with E-state index in [1.54, 1.807) is 53.9 Å². The summed E-state index contributed by atoms with van der Waals surface area (Å²) in [6, 6.07) is 12.2. The maximum absolute atomic E-state index is 14.1. The highest BCUT2D eigenvalue weighted by molar-refractivity contribution is 7.18. The highest BCUT2D eigenvalue weighted by Crippen LogP contribution is 2.50. The molecule has 0 radical (unpaired) electrons. The Balaban J connectivity index is 2.00. The van der Waals surface area contributed by atoms with Crippen molar-refractivity contribution in [3.8, 4) is 16.3 Å². The molecular weight excluding hydrogens is 482 g/mol. The van der Waals surface area contributed by atoms with Crippen LogP contribution in [0.3, 0.4) is 0 Å². The molecule has 0 aliphatic rings. The molecule has 3 heterocycles. The Kier molecular flexibility index (Phi) is 6.40. The lowest BCUT2D eigenvalue weighted by molar-refractivity contribution is 0.0695. The number of carboxylic acids is 1. The zero-order valence-corrected chi connectivity index (χ0v) is 20.5. The number of fused-ring (bicyclic) bond motifs is 1. The molecule has 1 atom stereocenters. The lowest BCUT2D eigenvalue weighted by Gasteiger charge is -2.25. The van der Waals surface area contributed by atoms with Gasteiger partial charge in [0.25, 0.3) is 6.43 Å². The minimum absolute atomic E-state index is 0.0649. The molecular formula is C25H23ClF2N2O3S. The summed E-state index contributed by atoms with van der Waals surface area (Å²) in [6.07, 6.45) is -1.78. The smallest absolute Gasteiger partial charge is 0.349 e. The van der Waals surface area contributed by atoms with Crippen LogP contribution in [0.1, 0.15) is 66.7 Å². The van der Waals surface area contributed by atoms with Gasteiger partial charge in [-0.15, -0.1) is 11.3 Å². The number of rotatable bonds is 6. The Bertz CT molecular complexity index is 1370. The second-order valence-corrected chi connectivity index (χ2v) is 10.3. The van der Waals surface area contributed by atoms with E-state index in [1.807, 2.05) is 26.8 Å². The number of benzene rings is 1. The van der Waals surface area contributed by atoms with Gasteiger partial charge in [-0.25, -0.2) is 18.6 Å². The van der Waals surface area contributed by atoms with Gasteiger partial charge in [-0.3, -0.25) is 4.40 Å². The van der Waals surface area contributed by atoms with E-state index in [4.69, 9.17) is 16.3 Å². The monoisotopic (exact) mass is 504 g/mol. The Morgan fingerprint density at radius 1 is 1.18 bits per heavy atom. The van der Waals surface area contributed by atoms with Crippen molar-refractivity contribution in [2.24, 2.45) is 0 Å². The summed E-state index contributed by atoms with van der Waals surface area (Å²) < 4.78 is 36.0. The van der Waals surface area contributed by atoms with E-state index < -0.39 is 29.6 Å². The molecule has 4 rings (SSSR count). The van der Waals surface area contributed by atoms with Gasteiger partial charge in [0.1, 0.15) is 23.2 Å². The molecule has 1 aromatic carbocycles. The van der Waals surface area contributed by atoms with E-state index in [-0.39, 0.29) is 16.3 Å². The molecule has 0 aliphatic carbocycles. The minimum Gasteiger partial charge on any atom is -0.484 e. The van der Waals surface area contributed by atoms with E-state index in [0.29, 0.717) is 26.7 Å². The molecule has 1 unspecified atom stereocenters. The average molecular weight is 505 g/mol. The number of aromatic nitrogens is 2. The zero-order valence-electron chi connectivity index (χ0n) is 19.0. The fraction of sp³-hybridized carbons (Fsp3) is 0.280. The molecule has 0 amide bonds. The number of alkyl halides is 2. The maximum Gasteiger partial charge on any atom is 0.349 e.